The summed E-state index contributed by atoms with van der Waals surface area (Å²) in [7, 11) is 0. The van der Waals surface area contributed by atoms with Crippen LogP contribution in [0.15, 0.2) is 30.3 Å². The maximum atomic E-state index is 12.1. The molecule has 0 fully saturated rings. The highest BCUT2D eigenvalue weighted by Crippen LogP contribution is 2.10. The average Bonchev–Trinajstić information content (AvgIpc) is 2.90. The molecule has 0 aliphatic rings. The van der Waals surface area contributed by atoms with Crippen molar-refractivity contribution >= 4 is 11.7 Å². The van der Waals surface area contributed by atoms with Gasteiger partial charge in [-0.05, 0) is 38.0 Å². The molecule has 3 aromatic rings. The molecule has 6 nitrogen and oxygen atoms in total. The van der Waals surface area contributed by atoms with Gasteiger partial charge in [-0.1, -0.05) is 24.3 Å². The van der Waals surface area contributed by atoms with E-state index in [1.165, 1.54) is 4.52 Å². The summed E-state index contributed by atoms with van der Waals surface area (Å²) in [6, 6.07) is 9.64. The van der Waals surface area contributed by atoms with Crippen LogP contribution in [-0.2, 0) is 11.3 Å². The number of ether oxygens (including phenoxy) is 1. The Balaban J connectivity index is 1.81. The average molecular weight is 296 g/mol. The van der Waals surface area contributed by atoms with Gasteiger partial charge in [0.15, 0.2) is 0 Å². The predicted molar refractivity (Wildman–Crippen MR) is 80.6 cm³/mol. The van der Waals surface area contributed by atoms with Crippen LogP contribution in [0.4, 0.5) is 0 Å². The Labute approximate surface area is 127 Å². The summed E-state index contributed by atoms with van der Waals surface area (Å²) in [5, 5.41) is 4.16. The number of benzene rings is 1. The fraction of sp³-hybridized carbons (Fsp3) is 0.250. The molecule has 0 N–H and O–H groups in total. The van der Waals surface area contributed by atoms with Crippen molar-refractivity contribution in [3.63, 3.8) is 0 Å². The molecule has 0 aliphatic carbocycles. The Morgan fingerprint density at radius 2 is 1.95 bits per heavy atom. The lowest BCUT2D eigenvalue weighted by molar-refractivity contribution is 0.0458. The van der Waals surface area contributed by atoms with E-state index in [1.54, 1.807) is 0 Å². The van der Waals surface area contributed by atoms with Crippen molar-refractivity contribution in [2.45, 2.75) is 27.4 Å². The normalized spacial score (nSPS) is 10.9. The number of nitrogens with zero attached hydrogens (tertiary/aromatic N) is 4. The summed E-state index contributed by atoms with van der Waals surface area (Å²) in [5.74, 6) is -0.124. The van der Waals surface area contributed by atoms with Crippen molar-refractivity contribution in [3.05, 3.63) is 58.7 Å². The van der Waals surface area contributed by atoms with Gasteiger partial charge in [0, 0.05) is 11.4 Å². The van der Waals surface area contributed by atoms with Crippen molar-refractivity contribution in [1.82, 2.24) is 19.6 Å². The van der Waals surface area contributed by atoms with Gasteiger partial charge in [-0.3, -0.25) is 0 Å². The molecule has 1 aromatic carbocycles. The van der Waals surface area contributed by atoms with Crippen LogP contribution in [-0.4, -0.2) is 25.6 Å². The van der Waals surface area contributed by atoms with Crippen LogP contribution in [0.25, 0.3) is 5.78 Å². The standard InChI is InChI=1S/C16H16N4O2/c1-10-6-4-5-7-13(10)9-22-15(21)14-18-16-17-11(2)8-12(3)20(16)19-14/h4-8H,9H2,1-3H3. The molecule has 0 unspecified atom stereocenters. The molecule has 0 atom stereocenters. The van der Waals surface area contributed by atoms with Crippen molar-refractivity contribution in [2.75, 3.05) is 0 Å². The first-order valence-corrected chi connectivity index (χ1v) is 6.97. The van der Waals surface area contributed by atoms with Gasteiger partial charge in [0.2, 0.25) is 0 Å². The Bertz CT molecular complexity index is 854. The van der Waals surface area contributed by atoms with E-state index in [4.69, 9.17) is 4.74 Å². The third-order valence-electron chi connectivity index (χ3n) is 3.42. The highest BCUT2D eigenvalue weighted by molar-refractivity contribution is 5.85. The third-order valence-corrected chi connectivity index (χ3v) is 3.42. The van der Waals surface area contributed by atoms with Gasteiger partial charge in [-0.15, -0.1) is 5.10 Å². The Kier molecular flexibility index (Phi) is 3.58. The van der Waals surface area contributed by atoms with Crippen molar-refractivity contribution in [3.8, 4) is 0 Å². The lowest BCUT2D eigenvalue weighted by Gasteiger charge is -2.05. The molecule has 6 heteroatoms. The van der Waals surface area contributed by atoms with Crippen LogP contribution in [0.1, 0.15) is 33.1 Å². The number of rotatable bonds is 3. The predicted octanol–water partition coefficient (Wildman–Crippen LogP) is 2.41. The fourth-order valence-electron chi connectivity index (χ4n) is 2.23. The maximum absolute atomic E-state index is 12.1. The van der Waals surface area contributed by atoms with Crippen molar-refractivity contribution in [1.29, 1.82) is 0 Å². The SMILES string of the molecule is Cc1cc(C)n2nc(C(=O)OCc3ccccc3C)nc2n1. The number of fused-ring (bicyclic) bond motifs is 1. The van der Waals surface area contributed by atoms with E-state index in [2.05, 4.69) is 15.1 Å². The third kappa shape index (κ3) is 2.67. The number of aromatic nitrogens is 4. The lowest BCUT2D eigenvalue weighted by atomic mass is 10.1. The van der Waals surface area contributed by atoms with Gasteiger partial charge in [0.1, 0.15) is 6.61 Å². The molecule has 0 amide bonds. The molecule has 0 saturated heterocycles. The van der Waals surface area contributed by atoms with Crippen LogP contribution >= 0.6 is 0 Å². The van der Waals surface area contributed by atoms with Gasteiger partial charge >= 0.3 is 5.97 Å². The molecule has 0 radical (unpaired) electrons. The molecule has 2 aromatic heterocycles. The molecule has 22 heavy (non-hydrogen) atoms. The number of aryl methyl sites for hydroxylation is 3. The largest absolute Gasteiger partial charge is 0.455 e. The summed E-state index contributed by atoms with van der Waals surface area (Å²) in [4.78, 5) is 20.5. The van der Waals surface area contributed by atoms with Gasteiger partial charge in [-0.2, -0.15) is 4.98 Å². The maximum Gasteiger partial charge on any atom is 0.378 e. The molecular weight excluding hydrogens is 280 g/mol. The van der Waals surface area contributed by atoms with E-state index in [-0.39, 0.29) is 12.4 Å². The topological polar surface area (TPSA) is 69.4 Å². The second-order valence-corrected chi connectivity index (χ2v) is 5.19. The van der Waals surface area contributed by atoms with Crippen LogP contribution < -0.4 is 0 Å². The molecule has 0 aliphatic heterocycles. The number of hydrogen-bond donors (Lipinski definition) is 0. The number of esters is 1. The van der Waals surface area contributed by atoms with Gasteiger partial charge in [0.25, 0.3) is 11.6 Å². The van der Waals surface area contributed by atoms with Crippen LogP contribution in [0, 0.1) is 20.8 Å². The zero-order chi connectivity index (χ0) is 15.7. The minimum absolute atomic E-state index is 0.0229. The van der Waals surface area contributed by atoms with E-state index in [0.29, 0.717) is 5.78 Å². The van der Waals surface area contributed by atoms with Crippen molar-refractivity contribution in [2.24, 2.45) is 0 Å². The second-order valence-electron chi connectivity index (χ2n) is 5.19. The highest BCUT2D eigenvalue weighted by Gasteiger charge is 2.16. The van der Waals surface area contributed by atoms with Gasteiger partial charge in [0.05, 0.1) is 0 Å². The number of carbonyl (C=O) groups is 1. The number of carbonyl (C=O) groups excluding carboxylic acids is 1. The lowest BCUT2D eigenvalue weighted by Crippen LogP contribution is -2.08. The summed E-state index contributed by atoms with van der Waals surface area (Å²) in [6.07, 6.45) is 0. The highest BCUT2D eigenvalue weighted by atomic mass is 16.5. The zero-order valence-corrected chi connectivity index (χ0v) is 12.7. The van der Waals surface area contributed by atoms with E-state index in [1.807, 2.05) is 51.1 Å². The first-order valence-electron chi connectivity index (χ1n) is 6.97. The molecular formula is C16H16N4O2. The number of hydrogen-bond acceptors (Lipinski definition) is 5. The Hall–Kier alpha value is -2.76. The van der Waals surface area contributed by atoms with Gasteiger partial charge in [-0.25, -0.2) is 14.3 Å². The minimum atomic E-state index is -0.550. The summed E-state index contributed by atoms with van der Waals surface area (Å²) < 4.78 is 6.83. The first kappa shape index (κ1) is 14.2. The molecule has 0 spiro atoms. The first-order chi connectivity index (χ1) is 10.5. The van der Waals surface area contributed by atoms with Crippen molar-refractivity contribution < 1.29 is 9.53 Å². The van der Waals surface area contributed by atoms with E-state index in [9.17, 15) is 4.79 Å². The van der Waals surface area contributed by atoms with Crippen LogP contribution in [0.5, 0.6) is 0 Å². The zero-order valence-electron chi connectivity index (χ0n) is 12.7. The second kappa shape index (κ2) is 5.55. The molecule has 0 saturated carbocycles. The smallest absolute Gasteiger partial charge is 0.378 e. The quantitative estimate of drug-likeness (QED) is 0.694. The molecule has 112 valence electrons. The summed E-state index contributed by atoms with van der Waals surface area (Å²) in [6.45, 7) is 5.94. The monoisotopic (exact) mass is 296 g/mol. The minimum Gasteiger partial charge on any atom is -0.455 e. The summed E-state index contributed by atoms with van der Waals surface area (Å²) in [5.41, 5.74) is 3.74. The molecule has 3 rings (SSSR count). The van der Waals surface area contributed by atoms with Gasteiger partial charge < -0.3 is 4.74 Å². The Morgan fingerprint density at radius 3 is 2.73 bits per heavy atom. The van der Waals surface area contributed by atoms with E-state index >= 15 is 0 Å². The van der Waals surface area contributed by atoms with Crippen LogP contribution in [0.3, 0.4) is 0 Å². The summed E-state index contributed by atoms with van der Waals surface area (Å²) >= 11 is 0. The van der Waals surface area contributed by atoms with E-state index in [0.717, 1.165) is 22.5 Å². The molecule has 2 heterocycles. The fourth-order valence-corrected chi connectivity index (χ4v) is 2.23. The van der Waals surface area contributed by atoms with Crippen LogP contribution in [0.2, 0.25) is 0 Å². The molecule has 0 bridgehead atoms. The van der Waals surface area contributed by atoms with E-state index < -0.39 is 5.97 Å². The Morgan fingerprint density at radius 1 is 1.18 bits per heavy atom.